The zero-order chi connectivity index (χ0) is 13.1. The second-order valence-corrected chi connectivity index (χ2v) is 6.76. The molecule has 1 N–H and O–H groups in total. The predicted octanol–water partition coefficient (Wildman–Crippen LogP) is 4.35. The lowest BCUT2D eigenvalue weighted by molar-refractivity contribution is 0.338. The Kier molecular flexibility index (Phi) is 5.14. The maximum atomic E-state index is 4.79. The lowest BCUT2D eigenvalue weighted by atomic mass is 9.82. The first-order valence-electron chi connectivity index (χ1n) is 6.55. The molecule has 1 rings (SSSR count). The van der Waals surface area contributed by atoms with Gasteiger partial charge in [-0.2, -0.15) is 0 Å². The van der Waals surface area contributed by atoms with E-state index in [0.29, 0.717) is 12.0 Å². The Hall–Kier alpha value is -0.410. The molecule has 1 aromatic heterocycles. The Balaban J connectivity index is 2.71. The highest BCUT2D eigenvalue weighted by atomic mass is 32.1. The summed E-state index contributed by atoms with van der Waals surface area (Å²) in [4.78, 5) is 4.79. The van der Waals surface area contributed by atoms with E-state index in [1.807, 2.05) is 0 Å². The van der Waals surface area contributed by atoms with Gasteiger partial charge in [0, 0.05) is 17.3 Å². The topological polar surface area (TPSA) is 24.9 Å². The fraction of sp³-hybridized carbons (Fsp3) is 0.786. The molecular formula is C14H26N2S. The number of aromatic nitrogens is 1. The molecule has 0 spiro atoms. The molecule has 0 amide bonds. The summed E-state index contributed by atoms with van der Waals surface area (Å²) in [5.41, 5.74) is 1.48. The van der Waals surface area contributed by atoms with E-state index in [4.69, 9.17) is 4.98 Å². The van der Waals surface area contributed by atoms with E-state index >= 15 is 0 Å². The zero-order valence-electron chi connectivity index (χ0n) is 12.0. The summed E-state index contributed by atoms with van der Waals surface area (Å²) in [6.45, 7) is 14.5. The minimum absolute atomic E-state index is 0.287. The van der Waals surface area contributed by atoms with Crippen molar-refractivity contribution < 1.29 is 0 Å². The average molecular weight is 254 g/mol. The van der Waals surface area contributed by atoms with Gasteiger partial charge in [-0.25, -0.2) is 4.98 Å². The van der Waals surface area contributed by atoms with Crippen molar-refractivity contribution in [3.8, 4) is 0 Å². The molecule has 1 heterocycles. The van der Waals surface area contributed by atoms with E-state index in [0.717, 1.165) is 6.54 Å². The van der Waals surface area contributed by atoms with Gasteiger partial charge >= 0.3 is 0 Å². The van der Waals surface area contributed by atoms with Crippen molar-refractivity contribution in [2.75, 3.05) is 6.54 Å². The predicted molar refractivity (Wildman–Crippen MR) is 76.7 cm³/mol. The molecule has 2 atom stereocenters. The van der Waals surface area contributed by atoms with Gasteiger partial charge in [0.2, 0.25) is 0 Å². The maximum absolute atomic E-state index is 4.79. The first kappa shape index (κ1) is 14.7. The van der Waals surface area contributed by atoms with Crippen LogP contribution < -0.4 is 5.32 Å². The third-order valence-electron chi connectivity index (χ3n) is 3.35. The van der Waals surface area contributed by atoms with E-state index in [-0.39, 0.29) is 5.41 Å². The van der Waals surface area contributed by atoms with Crippen LogP contribution in [0.2, 0.25) is 0 Å². The summed E-state index contributed by atoms with van der Waals surface area (Å²) in [5, 5.41) is 6.94. The number of thiazole rings is 1. The van der Waals surface area contributed by atoms with Crippen LogP contribution in [0.3, 0.4) is 0 Å². The molecule has 3 heteroatoms. The molecule has 0 aliphatic heterocycles. The van der Waals surface area contributed by atoms with Gasteiger partial charge in [-0.15, -0.1) is 11.3 Å². The zero-order valence-corrected chi connectivity index (χ0v) is 12.8. The fourth-order valence-corrected chi connectivity index (χ4v) is 2.75. The van der Waals surface area contributed by atoms with Gasteiger partial charge in [-0.1, -0.05) is 34.6 Å². The highest BCUT2D eigenvalue weighted by Gasteiger charge is 2.24. The van der Waals surface area contributed by atoms with Crippen molar-refractivity contribution in [1.82, 2.24) is 10.3 Å². The molecule has 0 saturated carbocycles. The molecule has 0 aliphatic carbocycles. The number of hydrogen-bond acceptors (Lipinski definition) is 3. The van der Waals surface area contributed by atoms with Gasteiger partial charge < -0.3 is 5.32 Å². The van der Waals surface area contributed by atoms with Crippen molar-refractivity contribution in [2.24, 2.45) is 5.41 Å². The summed E-state index contributed by atoms with van der Waals surface area (Å²) < 4.78 is 0. The lowest BCUT2D eigenvalue weighted by Gasteiger charge is -2.25. The minimum Gasteiger partial charge on any atom is -0.309 e. The quantitative estimate of drug-likeness (QED) is 0.845. The van der Waals surface area contributed by atoms with Crippen LogP contribution in [-0.2, 0) is 0 Å². The van der Waals surface area contributed by atoms with Crippen molar-refractivity contribution in [1.29, 1.82) is 0 Å². The van der Waals surface area contributed by atoms with Gasteiger partial charge in [-0.3, -0.25) is 0 Å². The highest BCUT2D eigenvalue weighted by Crippen LogP contribution is 2.36. The largest absolute Gasteiger partial charge is 0.309 e. The average Bonchev–Trinajstić information content (AvgIpc) is 2.72. The smallest absolute Gasteiger partial charge is 0.0962 e. The van der Waals surface area contributed by atoms with Gasteiger partial charge in [0.05, 0.1) is 10.7 Å². The van der Waals surface area contributed by atoms with Crippen LogP contribution in [0.15, 0.2) is 5.38 Å². The first-order chi connectivity index (χ1) is 7.86. The normalized spacial score (nSPS) is 15.9. The van der Waals surface area contributed by atoms with Crippen molar-refractivity contribution in [3.63, 3.8) is 0 Å². The number of hydrogen-bond donors (Lipinski definition) is 1. The molecule has 98 valence electrons. The van der Waals surface area contributed by atoms with Crippen LogP contribution >= 0.6 is 11.3 Å². The van der Waals surface area contributed by atoms with Crippen molar-refractivity contribution in [3.05, 3.63) is 16.1 Å². The van der Waals surface area contributed by atoms with Crippen LogP contribution in [0.1, 0.15) is 70.6 Å². The Morgan fingerprint density at radius 3 is 2.53 bits per heavy atom. The highest BCUT2D eigenvalue weighted by molar-refractivity contribution is 7.09. The molecule has 0 fully saturated rings. The molecule has 0 radical (unpaired) electrons. The second-order valence-electron chi connectivity index (χ2n) is 5.87. The molecule has 17 heavy (non-hydrogen) atoms. The summed E-state index contributed by atoms with van der Waals surface area (Å²) in [7, 11) is 0. The Morgan fingerprint density at radius 2 is 2.00 bits per heavy atom. The van der Waals surface area contributed by atoms with E-state index in [9.17, 15) is 0 Å². The van der Waals surface area contributed by atoms with E-state index in [2.05, 4.69) is 52.2 Å². The Labute approximate surface area is 110 Å². The number of nitrogens with one attached hydrogen (secondary N) is 1. The SMILES string of the molecule is CCCNC(C)c1csc(C(C)C(C)(C)C)n1. The standard InChI is InChI=1S/C14H26N2S/c1-7-8-15-11(3)12-9-17-13(16-12)10(2)14(4,5)6/h9-11,15H,7-8H2,1-6H3. The van der Waals surface area contributed by atoms with Gasteiger partial charge in [0.15, 0.2) is 0 Å². The molecule has 0 aliphatic rings. The van der Waals surface area contributed by atoms with Crippen LogP contribution in [0.4, 0.5) is 0 Å². The van der Waals surface area contributed by atoms with E-state index < -0.39 is 0 Å². The summed E-state index contributed by atoms with van der Waals surface area (Å²) in [5.74, 6) is 0.514. The summed E-state index contributed by atoms with van der Waals surface area (Å²) >= 11 is 1.80. The molecule has 1 aromatic rings. The Morgan fingerprint density at radius 1 is 1.35 bits per heavy atom. The number of nitrogens with zero attached hydrogens (tertiary/aromatic N) is 1. The second kappa shape index (κ2) is 5.96. The van der Waals surface area contributed by atoms with E-state index in [1.165, 1.54) is 17.1 Å². The molecule has 0 bridgehead atoms. The van der Waals surface area contributed by atoms with Crippen molar-refractivity contribution in [2.45, 2.75) is 59.9 Å². The van der Waals surface area contributed by atoms with Crippen LogP contribution in [0.25, 0.3) is 0 Å². The minimum atomic E-state index is 0.287. The van der Waals surface area contributed by atoms with Crippen LogP contribution in [-0.4, -0.2) is 11.5 Å². The first-order valence-corrected chi connectivity index (χ1v) is 7.43. The lowest BCUT2D eigenvalue weighted by Crippen LogP contribution is -2.20. The van der Waals surface area contributed by atoms with Crippen molar-refractivity contribution >= 4 is 11.3 Å². The van der Waals surface area contributed by atoms with Gasteiger partial charge in [0.25, 0.3) is 0 Å². The maximum Gasteiger partial charge on any atom is 0.0962 e. The number of rotatable bonds is 5. The molecule has 2 nitrogen and oxygen atoms in total. The fourth-order valence-electron chi connectivity index (χ4n) is 1.53. The monoisotopic (exact) mass is 254 g/mol. The molecule has 0 aromatic carbocycles. The molecule has 0 saturated heterocycles. The Bertz CT molecular complexity index is 338. The third kappa shape index (κ3) is 4.07. The third-order valence-corrected chi connectivity index (χ3v) is 4.40. The van der Waals surface area contributed by atoms with Gasteiger partial charge in [-0.05, 0) is 25.3 Å². The molecule has 2 unspecified atom stereocenters. The van der Waals surface area contributed by atoms with Gasteiger partial charge in [0.1, 0.15) is 0 Å². The van der Waals surface area contributed by atoms with E-state index in [1.54, 1.807) is 11.3 Å². The molecular weight excluding hydrogens is 228 g/mol. The summed E-state index contributed by atoms with van der Waals surface area (Å²) in [6, 6.07) is 0.368. The van der Waals surface area contributed by atoms with Crippen LogP contribution in [0.5, 0.6) is 0 Å². The van der Waals surface area contributed by atoms with Crippen LogP contribution in [0, 0.1) is 5.41 Å². The summed E-state index contributed by atoms with van der Waals surface area (Å²) in [6.07, 6.45) is 1.17.